The molecule has 0 fully saturated rings. The summed E-state index contributed by atoms with van der Waals surface area (Å²) in [7, 11) is -3.22. The lowest BCUT2D eigenvalue weighted by Gasteiger charge is -2.13. The molecule has 0 bridgehead atoms. The van der Waals surface area contributed by atoms with Crippen LogP contribution in [0.15, 0.2) is 42.7 Å². The first-order valence-corrected chi connectivity index (χ1v) is 7.19. The van der Waals surface area contributed by atoms with Crippen molar-refractivity contribution in [1.82, 2.24) is 4.98 Å². The Morgan fingerprint density at radius 3 is 2.29 bits per heavy atom. The Hall–Kier alpha value is -2.23. The van der Waals surface area contributed by atoms with Gasteiger partial charge in [0.25, 0.3) is 0 Å². The molecule has 1 heterocycles. The first-order chi connectivity index (χ1) is 11.4. The van der Waals surface area contributed by atoms with E-state index in [0.717, 1.165) is 5.56 Å². The summed E-state index contributed by atoms with van der Waals surface area (Å²) in [4.78, 5) is 15.9. The fourth-order valence-corrected chi connectivity index (χ4v) is 2.07. The molecule has 10 heteroatoms. The van der Waals surface area contributed by atoms with Gasteiger partial charge in [-0.1, -0.05) is 24.3 Å². The van der Waals surface area contributed by atoms with Crippen LogP contribution in [0, 0.1) is 0 Å². The van der Waals surface area contributed by atoms with Crippen molar-refractivity contribution in [2.75, 3.05) is 5.32 Å². The van der Waals surface area contributed by atoms with E-state index in [1.54, 1.807) is 24.3 Å². The zero-order valence-electron chi connectivity index (χ0n) is 12.7. The molecule has 0 aliphatic carbocycles. The van der Waals surface area contributed by atoms with E-state index in [1.165, 1.54) is 18.5 Å². The second kappa shape index (κ2) is 8.04. The van der Waals surface area contributed by atoms with Gasteiger partial charge in [-0.3, -0.25) is 9.78 Å². The van der Waals surface area contributed by atoms with Crippen LogP contribution in [-0.2, 0) is 11.2 Å². The number of hydrogen-bond donors (Lipinski definition) is 6. The van der Waals surface area contributed by atoms with E-state index in [-0.39, 0.29) is 11.9 Å². The third kappa shape index (κ3) is 4.88. The van der Waals surface area contributed by atoms with Gasteiger partial charge in [0, 0.05) is 11.7 Å². The number of amides is 1. The summed E-state index contributed by atoms with van der Waals surface area (Å²) >= 11 is 0. The van der Waals surface area contributed by atoms with Gasteiger partial charge in [-0.15, -0.1) is 0 Å². The predicted octanol–water partition coefficient (Wildman–Crippen LogP) is -3.05. The molecule has 1 aromatic carbocycles. The van der Waals surface area contributed by atoms with Crippen LogP contribution < -0.4 is 22.0 Å². The normalized spacial score (nSPS) is 11.7. The van der Waals surface area contributed by atoms with Crippen molar-refractivity contribution in [3.63, 3.8) is 0 Å². The number of nitrogens with two attached hydrogens (primary N) is 1. The van der Waals surface area contributed by atoms with Gasteiger partial charge in [-0.25, -0.2) is 0 Å². The molecule has 0 saturated carbocycles. The number of hydrogen-bond acceptors (Lipinski definition) is 7. The van der Waals surface area contributed by atoms with E-state index >= 15 is 0 Å². The third-order valence-corrected chi connectivity index (χ3v) is 3.40. The molecule has 0 saturated heterocycles. The molecule has 0 aliphatic rings. The maximum Gasteiger partial charge on any atom is 0.490 e. The average molecular weight is 329 g/mol. The van der Waals surface area contributed by atoms with Crippen molar-refractivity contribution in [3.05, 3.63) is 48.3 Å². The summed E-state index contributed by atoms with van der Waals surface area (Å²) in [6.45, 7) is 0. The van der Waals surface area contributed by atoms with Gasteiger partial charge in [-0.2, -0.15) is 0 Å². The van der Waals surface area contributed by atoms with Crippen LogP contribution in [0.25, 0.3) is 0 Å². The molecule has 0 spiro atoms. The van der Waals surface area contributed by atoms with Gasteiger partial charge >= 0.3 is 14.2 Å². The minimum Gasteiger partial charge on any atom is -0.423 e. The molecule has 8 nitrogen and oxygen atoms in total. The summed E-state index contributed by atoms with van der Waals surface area (Å²) in [5.74, 6) is -0.451. The highest BCUT2D eigenvalue weighted by Gasteiger charge is 2.17. The van der Waals surface area contributed by atoms with Gasteiger partial charge in [-0.05, 0) is 23.5 Å². The summed E-state index contributed by atoms with van der Waals surface area (Å²) < 4.78 is 0. The molecule has 1 unspecified atom stereocenters. The van der Waals surface area contributed by atoms with Gasteiger partial charge < -0.3 is 31.1 Å². The molecular weight excluding hydrogens is 312 g/mol. The molecule has 1 atom stereocenters. The van der Waals surface area contributed by atoms with E-state index in [0.29, 0.717) is 11.2 Å². The monoisotopic (exact) mass is 329 g/mol. The van der Waals surface area contributed by atoms with Gasteiger partial charge in [0.15, 0.2) is 0 Å². The highest BCUT2D eigenvalue weighted by molar-refractivity contribution is 6.59. The van der Waals surface area contributed by atoms with Gasteiger partial charge in [0.05, 0.1) is 17.9 Å². The van der Waals surface area contributed by atoms with Crippen molar-refractivity contribution >= 4 is 36.8 Å². The molecule has 1 aromatic heterocycles. The van der Waals surface area contributed by atoms with E-state index in [9.17, 15) is 4.79 Å². The van der Waals surface area contributed by atoms with E-state index < -0.39 is 26.2 Å². The van der Waals surface area contributed by atoms with Crippen molar-refractivity contribution in [1.29, 1.82) is 0 Å². The first-order valence-electron chi connectivity index (χ1n) is 7.19. The molecule has 124 valence electrons. The lowest BCUT2D eigenvalue weighted by Crippen LogP contribution is -2.38. The standard InChI is InChI=1S/C14H17B2N3O5/c17-13(5-9-1-3-10(4-2-9)15(21)22)14(20)19-12-6-11(16(23)24)7-18-8-12/h1-4,6-8,13,21-24H,5,17H2,(H,19,20). The van der Waals surface area contributed by atoms with E-state index in [4.69, 9.17) is 25.8 Å². The predicted molar refractivity (Wildman–Crippen MR) is 90.6 cm³/mol. The number of rotatable bonds is 6. The summed E-state index contributed by atoms with van der Waals surface area (Å²) in [5.41, 5.74) is 7.43. The number of anilines is 1. The Labute approximate surface area is 139 Å². The van der Waals surface area contributed by atoms with Crippen LogP contribution in [0.3, 0.4) is 0 Å². The van der Waals surface area contributed by atoms with Crippen LogP contribution in [0.1, 0.15) is 5.56 Å². The number of carbonyl (C=O) groups excluding carboxylic acids is 1. The molecule has 0 aliphatic heterocycles. The Morgan fingerprint density at radius 2 is 1.71 bits per heavy atom. The van der Waals surface area contributed by atoms with Crippen LogP contribution in [-0.4, -0.2) is 51.3 Å². The second-order valence-electron chi connectivity index (χ2n) is 5.30. The van der Waals surface area contributed by atoms with Gasteiger partial charge in [0.1, 0.15) is 0 Å². The maximum atomic E-state index is 12.1. The summed E-state index contributed by atoms with van der Waals surface area (Å²) in [6, 6.07) is 6.96. The Bertz CT molecular complexity index is 697. The van der Waals surface area contributed by atoms with E-state index in [2.05, 4.69) is 10.3 Å². The van der Waals surface area contributed by atoms with Crippen LogP contribution in [0.2, 0.25) is 0 Å². The lowest BCUT2D eigenvalue weighted by molar-refractivity contribution is -0.117. The fraction of sp³-hybridized carbons (Fsp3) is 0.143. The number of benzene rings is 1. The Kier molecular flexibility index (Phi) is 6.07. The maximum absolute atomic E-state index is 12.1. The zero-order valence-corrected chi connectivity index (χ0v) is 12.7. The molecule has 7 N–H and O–H groups in total. The fourth-order valence-electron chi connectivity index (χ4n) is 2.07. The van der Waals surface area contributed by atoms with E-state index in [1.807, 2.05) is 0 Å². The molecule has 0 radical (unpaired) electrons. The number of nitrogens with zero attached hydrogens (tertiary/aromatic N) is 1. The zero-order chi connectivity index (χ0) is 17.7. The van der Waals surface area contributed by atoms with Crippen LogP contribution >= 0.6 is 0 Å². The number of aromatic nitrogens is 1. The molecule has 2 rings (SSSR count). The Morgan fingerprint density at radius 1 is 1.08 bits per heavy atom. The summed E-state index contributed by atoms with van der Waals surface area (Å²) in [5, 5.41) is 38.8. The third-order valence-electron chi connectivity index (χ3n) is 3.40. The minimum absolute atomic E-state index is 0.152. The molecule has 2 aromatic rings. The quantitative estimate of drug-likeness (QED) is 0.308. The van der Waals surface area contributed by atoms with Crippen LogP contribution in [0.4, 0.5) is 5.69 Å². The Balaban J connectivity index is 1.98. The van der Waals surface area contributed by atoms with Crippen LogP contribution in [0.5, 0.6) is 0 Å². The smallest absolute Gasteiger partial charge is 0.423 e. The highest BCUT2D eigenvalue weighted by Crippen LogP contribution is 2.06. The minimum atomic E-state index is -1.68. The number of nitrogens with one attached hydrogen (secondary N) is 1. The molecular formula is C14H17B2N3O5. The van der Waals surface area contributed by atoms with Crippen molar-refractivity contribution < 1.29 is 24.9 Å². The largest absolute Gasteiger partial charge is 0.490 e. The second-order valence-corrected chi connectivity index (χ2v) is 5.30. The SMILES string of the molecule is NC(Cc1ccc(B(O)O)cc1)C(=O)Nc1cncc(B(O)O)c1. The molecule has 24 heavy (non-hydrogen) atoms. The van der Waals surface area contributed by atoms with Crippen molar-refractivity contribution in [3.8, 4) is 0 Å². The van der Waals surface area contributed by atoms with Crippen molar-refractivity contribution in [2.24, 2.45) is 5.73 Å². The number of pyridine rings is 1. The number of carbonyl (C=O) groups is 1. The average Bonchev–Trinajstić information content (AvgIpc) is 2.55. The topological polar surface area (TPSA) is 149 Å². The first kappa shape index (κ1) is 18.1. The highest BCUT2D eigenvalue weighted by atomic mass is 16.4. The van der Waals surface area contributed by atoms with Crippen molar-refractivity contribution in [2.45, 2.75) is 12.5 Å². The van der Waals surface area contributed by atoms with Gasteiger partial charge in [0.2, 0.25) is 5.91 Å². The molecule has 1 amide bonds. The lowest BCUT2D eigenvalue weighted by atomic mass is 9.80. The summed E-state index contributed by atoms with van der Waals surface area (Å²) in [6.07, 6.45) is 2.90.